The number of aromatic nitrogens is 2. The third-order valence-corrected chi connectivity index (χ3v) is 4.81. The molecule has 0 bridgehead atoms. The van der Waals surface area contributed by atoms with Crippen molar-refractivity contribution in [3.63, 3.8) is 0 Å². The summed E-state index contributed by atoms with van der Waals surface area (Å²) in [6, 6.07) is 11.6. The molecule has 9 heteroatoms. The number of aryl methyl sites for hydroxylation is 1. The molecule has 0 fully saturated rings. The van der Waals surface area contributed by atoms with E-state index in [4.69, 9.17) is 23.2 Å². The molecule has 0 unspecified atom stereocenters. The molecule has 7 nitrogen and oxygen atoms in total. The second-order valence-corrected chi connectivity index (χ2v) is 6.71. The monoisotopic (exact) mass is 418 g/mol. The van der Waals surface area contributed by atoms with Crippen LogP contribution in [0.5, 0.6) is 0 Å². The number of hydrogen-bond donors (Lipinski definition) is 2. The molecule has 1 aromatic heterocycles. The summed E-state index contributed by atoms with van der Waals surface area (Å²) in [6.07, 6.45) is -0.110. The van der Waals surface area contributed by atoms with Crippen LogP contribution < -0.4 is 16.4 Å². The number of fused-ring (bicyclic) bond motifs is 1. The first-order chi connectivity index (χ1) is 13.4. The van der Waals surface area contributed by atoms with E-state index in [2.05, 4.69) is 16.0 Å². The van der Waals surface area contributed by atoms with Crippen molar-refractivity contribution in [3.8, 4) is 0 Å². The van der Waals surface area contributed by atoms with Crippen molar-refractivity contribution < 1.29 is 9.59 Å². The Balaban J connectivity index is 1.79. The Hall–Kier alpha value is -2.90. The summed E-state index contributed by atoms with van der Waals surface area (Å²) in [5.74, 6) is -1.14. The molecule has 144 valence electrons. The maximum Gasteiger partial charge on any atom is 0.290 e. The van der Waals surface area contributed by atoms with Gasteiger partial charge in [0.05, 0.1) is 11.8 Å². The predicted octanol–water partition coefficient (Wildman–Crippen LogP) is 2.73. The maximum absolute atomic E-state index is 12.6. The lowest BCUT2D eigenvalue weighted by atomic mass is 10.1. The van der Waals surface area contributed by atoms with Crippen LogP contribution >= 0.6 is 23.2 Å². The van der Waals surface area contributed by atoms with Crippen LogP contribution in [-0.4, -0.2) is 21.6 Å². The molecule has 3 rings (SSSR count). The van der Waals surface area contributed by atoms with E-state index in [-0.39, 0.29) is 17.7 Å². The first kappa shape index (κ1) is 19.9. The number of nitrogens with one attached hydrogen (secondary N) is 2. The van der Waals surface area contributed by atoms with Gasteiger partial charge >= 0.3 is 0 Å². The summed E-state index contributed by atoms with van der Waals surface area (Å²) >= 11 is 12.1. The Morgan fingerprint density at radius 2 is 1.64 bits per heavy atom. The van der Waals surface area contributed by atoms with E-state index in [0.29, 0.717) is 32.9 Å². The smallest absolute Gasteiger partial charge is 0.273 e. The summed E-state index contributed by atoms with van der Waals surface area (Å²) in [7, 11) is 0. The zero-order valence-electron chi connectivity index (χ0n) is 14.8. The minimum absolute atomic E-state index is 0.0353. The molecule has 0 spiro atoms. The number of hydrazine groups is 1. The molecule has 1 heterocycles. The summed E-state index contributed by atoms with van der Waals surface area (Å²) in [5, 5.41) is 5.60. The number of rotatable bonds is 4. The number of carbonyl (C=O) groups is 2. The van der Waals surface area contributed by atoms with Crippen molar-refractivity contribution in [1.29, 1.82) is 0 Å². The SMILES string of the molecule is CCn1nc(C(=O)NNC(=O)Cc2c(Cl)cccc2Cl)c2ccccc2c1=O. The van der Waals surface area contributed by atoms with E-state index in [1.165, 1.54) is 4.68 Å². The van der Waals surface area contributed by atoms with Gasteiger partial charge in [0.25, 0.3) is 11.5 Å². The highest BCUT2D eigenvalue weighted by Crippen LogP contribution is 2.24. The van der Waals surface area contributed by atoms with Crippen LogP contribution in [0.25, 0.3) is 10.8 Å². The summed E-state index contributed by atoms with van der Waals surface area (Å²) < 4.78 is 1.20. The van der Waals surface area contributed by atoms with Crippen LogP contribution in [0.4, 0.5) is 0 Å². The van der Waals surface area contributed by atoms with Gasteiger partial charge in [-0.25, -0.2) is 4.68 Å². The zero-order valence-corrected chi connectivity index (χ0v) is 16.3. The normalized spacial score (nSPS) is 10.7. The molecular weight excluding hydrogens is 403 g/mol. The molecule has 2 N–H and O–H groups in total. The Morgan fingerprint density at radius 3 is 2.29 bits per heavy atom. The first-order valence-corrected chi connectivity index (χ1v) is 9.20. The Bertz CT molecular complexity index is 1110. The predicted molar refractivity (Wildman–Crippen MR) is 107 cm³/mol. The molecule has 0 radical (unpaired) electrons. The van der Waals surface area contributed by atoms with Crippen molar-refractivity contribution in [2.75, 3.05) is 0 Å². The Morgan fingerprint density at radius 1 is 1.00 bits per heavy atom. The number of amides is 2. The molecule has 2 aromatic carbocycles. The standard InChI is InChI=1S/C19H16Cl2N4O3/c1-2-25-19(28)12-7-4-3-6-11(12)17(24-25)18(27)23-22-16(26)10-13-14(20)8-5-9-15(13)21/h3-9H,2,10H2,1H3,(H,22,26)(H,23,27). The van der Waals surface area contributed by atoms with E-state index in [1.807, 2.05) is 0 Å². The van der Waals surface area contributed by atoms with Crippen molar-refractivity contribution in [2.24, 2.45) is 0 Å². The van der Waals surface area contributed by atoms with Crippen molar-refractivity contribution in [2.45, 2.75) is 19.9 Å². The molecular formula is C19H16Cl2N4O3. The van der Waals surface area contributed by atoms with E-state index in [0.717, 1.165) is 0 Å². The molecule has 2 amide bonds. The van der Waals surface area contributed by atoms with Crippen molar-refractivity contribution >= 4 is 45.8 Å². The van der Waals surface area contributed by atoms with Gasteiger partial charge in [0, 0.05) is 22.0 Å². The van der Waals surface area contributed by atoms with Crippen LogP contribution in [0.3, 0.4) is 0 Å². The third-order valence-electron chi connectivity index (χ3n) is 4.10. The van der Waals surface area contributed by atoms with Crippen LogP contribution in [-0.2, 0) is 17.8 Å². The third kappa shape index (κ3) is 4.00. The van der Waals surface area contributed by atoms with Gasteiger partial charge in [0.1, 0.15) is 0 Å². The summed E-state index contributed by atoms with van der Waals surface area (Å²) in [4.78, 5) is 37.1. The van der Waals surface area contributed by atoms with Gasteiger partial charge < -0.3 is 0 Å². The topological polar surface area (TPSA) is 93.1 Å². The lowest BCUT2D eigenvalue weighted by Gasteiger charge is -2.11. The highest BCUT2D eigenvalue weighted by Gasteiger charge is 2.17. The second kappa shape index (κ2) is 8.41. The van der Waals surface area contributed by atoms with Gasteiger partial charge in [0.2, 0.25) is 5.91 Å². The molecule has 0 saturated carbocycles. The number of halogens is 2. The van der Waals surface area contributed by atoms with Crippen molar-refractivity contribution in [1.82, 2.24) is 20.6 Å². The minimum Gasteiger partial charge on any atom is -0.273 e. The maximum atomic E-state index is 12.6. The number of hydrogen-bond acceptors (Lipinski definition) is 4. The average molecular weight is 419 g/mol. The van der Waals surface area contributed by atoms with Gasteiger partial charge in [-0.2, -0.15) is 5.10 Å². The van der Waals surface area contributed by atoms with Crippen LogP contribution in [0.1, 0.15) is 23.0 Å². The van der Waals surface area contributed by atoms with Crippen molar-refractivity contribution in [3.05, 3.63) is 74.1 Å². The molecule has 0 aliphatic heterocycles. The second-order valence-electron chi connectivity index (χ2n) is 5.89. The number of benzene rings is 2. The summed E-state index contributed by atoms with van der Waals surface area (Å²) in [5.41, 5.74) is 4.84. The molecule has 3 aromatic rings. The van der Waals surface area contributed by atoms with E-state index >= 15 is 0 Å². The average Bonchev–Trinajstić information content (AvgIpc) is 2.69. The van der Waals surface area contributed by atoms with Gasteiger partial charge in [-0.05, 0) is 30.7 Å². The van der Waals surface area contributed by atoms with E-state index in [9.17, 15) is 14.4 Å². The van der Waals surface area contributed by atoms with Crippen LogP contribution in [0.2, 0.25) is 10.0 Å². The highest BCUT2D eigenvalue weighted by atomic mass is 35.5. The fraction of sp³-hybridized carbons (Fsp3) is 0.158. The number of nitrogens with zero attached hydrogens (tertiary/aromatic N) is 2. The number of carbonyl (C=O) groups excluding carboxylic acids is 2. The van der Waals surface area contributed by atoms with Crippen LogP contribution in [0, 0.1) is 0 Å². The molecule has 0 saturated heterocycles. The molecule has 28 heavy (non-hydrogen) atoms. The summed E-state index contributed by atoms with van der Waals surface area (Å²) in [6.45, 7) is 2.06. The molecule has 0 aliphatic rings. The molecule has 0 aliphatic carbocycles. The van der Waals surface area contributed by atoms with E-state index < -0.39 is 11.8 Å². The van der Waals surface area contributed by atoms with E-state index in [1.54, 1.807) is 49.4 Å². The molecule has 0 atom stereocenters. The lowest BCUT2D eigenvalue weighted by Crippen LogP contribution is -2.43. The quantitative estimate of drug-likeness (QED) is 0.636. The van der Waals surface area contributed by atoms with Gasteiger partial charge in [-0.3, -0.25) is 25.2 Å². The van der Waals surface area contributed by atoms with Gasteiger partial charge in [-0.15, -0.1) is 0 Å². The minimum atomic E-state index is -0.642. The highest BCUT2D eigenvalue weighted by molar-refractivity contribution is 6.36. The Labute approximate surface area is 170 Å². The fourth-order valence-electron chi connectivity index (χ4n) is 2.71. The van der Waals surface area contributed by atoms with Crippen LogP contribution in [0.15, 0.2) is 47.3 Å². The zero-order chi connectivity index (χ0) is 20.3. The largest absolute Gasteiger partial charge is 0.290 e. The van der Waals surface area contributed by atoms with Gasteiger partial charge in [0.15, 0.2) is 5.69 Å². The van der Waals surface area contributed by atoms with Gasteiger partial charge in [-0.1, -0.05) is 47.5 Å². The first-order valence-electron chi connectivity index (χ1n) is 8.44. The Kier molecular flexibility index (Phi) is 5.96. The fourth-order valence-corrected chi connectivity index (χ4v) is 3.24. The lowest BCUT2D eigenvalue weighted by molar-refractivity contribution is -0.121.